The first-order chi connectivity index (χ1) is 30.5. The van der Waals surface area contributed by atoms with Gasteiger partial charge in [0, 0.05) is 13.2 Å². The largest absolute Gasteiger partial charge is 0.381 e. The normalized spacial score (nSPS) is 11.3. The molecule has 0 spiro atoms. The molecule has 0 radical (unpaired) electrons. The minimum atomic E-state index is 0.645. The number of rotatable bonds is 20. The van der Waals surface area contributed by atoms with Gasteiger partial charge >= 0.3 is 0 Å². The van der Waals surface area contributed by atoms with Crippen molar-refractivity contribution >= 4 is 0 Å². The van der Waals surface area contributed by atoms with Crippen molar-refractivity contribution in [2.75, 3.05) is 13.2 Å². The van der Waals surface area contributed by atoms with E-state index in [4.69, 9.17) is 4.74 Å². The third-order valence-electron chi connectivity index (χ3n) is 11.1. The van der Waals surface area contributed by atoms with Crippen LogP contribution in [-0.2, 0) is 30.4 Å². The summed E-state index contributed by atoms with van der Waals surface area (Å²) in [6.07, 6.45) is 9.87. The summed E-state index contributed by atoms with van der Waals surface area (Å²) in [5.74, 6) is 7.56. The van der Waals surface area contributed by atoms with Gasteiger partial charge in [-0.15, -0.1) is 0 Å². The van der Waals surface area contributed by atoms with E-state index >= 15 is 0 Å². The molecule has 4 aromatic carbocycles. The van der Waals surface area contributed by atoms with Crippen LogP contribution >= 0.6 is 0 Å². The molecular formula is C64H106O. The van der Waals surface area contributed by atoms with Gasteiger partial charge in [-0.1, -0.05) is 248 Å². The van der Waals surface area contributed by atoms with E-state index in [1.54, 1.807) is 0 Å². The molecule has 0 N–H and O–H groups in total. The van der Waals surface area contributed by atoms with Gasteiger partial charge in [-0.2, -0.15) is 0 Å². The third kappa shape index (κ3) is 34.8. The van der Waals surface area contributed by atoms with E-state index in [0.29, 0.717) is 11.8 Å². The quantitative estimate of drug-likeness (QED) is 0.0804. The van der Waals surface area contributed by atoms with Crippen molar-refractivity contribution in [3.8, 4) is 11.1 Å². The van der Waals surface area contributed by atoms with Gasteiger partial charge < -0.3 is 4.74 Å². The molecule has 0 aliphatic carbocycles. The van der Waals surface area contributed by atoms with E-state index in [0.717, 1.165) is 73.4 Å². The van der Waals surface area contributed by atoms with Crippen LogP contribution in [0.15, 0.2) is 97.1 Å². The standard InChI is InChI=1S/C20H26.C14H22.C12H18.C10H22O.C8H18/c1-15(2)13-17-5-9-19(10-6-17)20-11-7-18(8-12-20)14-16(3)4;1-11(2)9-13-5-7-14(8-6-13)10-12(3)4;1-9(2)11-5-7-12(8-6-11)10(3)4;1-9(2)5-7-11-8-6-10(3)4;1-7(2)5-6-8(3)4/h5-12,15-16H,13-14H2,1-4H3;5-8,11-12H,9-10H2,1-4H3;5-10H,1-4H3;9-10H,5-8H2,1-4H3;7-8H,5-6H2,1-4H3. The summed E-state index contributed by atoms with van der Waals surface area (Å²) >= 11 is 0. The molecular weight excluding hydrogens is 785 g/mol. The van der Waals surface area contributed by atoms with Crippen molar-refractivity contribution in [1.82, 2.24) is 0 Å². The monoisotopic (exact) mass is 891 g/mol. The minimum absolute atomic E-state index is 0.645. The van der Waals surface area contributed by atoms with Crippen LogP contribution in [0.2, 0.25) is 0 Å². The molecule has 0 bridgehead atoms. The zero-order valence-electron chi connectivity index (χ0n) is 46.5. The van der Waals surface area contributed by atoms with Gasteiger partial charge in [0.1, 0.15) is 0 Å². The lowest BCUT2D eigenvalue weighted by molar-refractivity contribution is 0.114. The fourth-order valence-corrected chi connectivity index (χ4v) is 7.04. The highest BCUT2D eigenvalue weighted by atomic mass is 16.5. The first-order valence-electron chi connectivity index (χ1n) is 26.4. The van der Waals surface area contributed by atoms with Crippen molar-refractivity contribution in [2.45, 2.75) is 202 Å². The highest BCUT2D eigenvalue weighted by Crippen LogP contribution is 2.23. The second-order valence-corrected chi connectivity index (χ2v) is 22.9. The molecule has 0 fully saturated rings. The van der Waals surface area contributed by atoms with Crippen LogP contribution in [0.1, 0.15) is 209 Å². The average Bonchev–Trinajstić information content (AvgIpc) is 3.21. The highest BCUT2D eigenvalue weighted by Gasteiger charge is 2.04. The highest BCUT2D eigenvalue weighted by molar-refractivity contribution is 5.64. The first-order valence-corrected chi connectivity index (χ1v) is 26.4. The van der Waals surface area contributed by atoms with Crippen LogP contribution in [-0.4, -0.2) is 13.2 Å². The van der Waals surface area contributed by atoms with Gasteiger partial charge in [-0.05, 0) is 142 Å². The maximum absolute atomic E-state index is 5.46. The Bertz CT molecular complexity index is 1520. The second kappa shape index (κ2) is 36.0. The van der Waals surface area contributed by atoms with E-state index in [9.17, 15) is 0 Å². The molecule has 0 atom stereocenters. The molecule has 0 amide bonds. The molecule has 1 nitrogen and oxygen atoms in total. The molecule has 0 saturated carbocycles. The Labute approximate surface area is 406 Å². The maximum atomic E-state index is 5.46. The Hall–Kier alpha value is -3.16. The second-order valence-electron chi connectivity index (χ2n) is 22.9. The first kappa shape index (κ1) is 61.8. The fraction of sp³-hybridized carbons (Fsp3) is 0.625. The zero-order valence-corrected chi connectivity index (χ0v) is 46.5. The molecule has 368 valence electrons. The summed E-state index contributed by atoms with van der Waals surface area (Å²) < 4.78 is 5.46. The van der Waals surface area contributed by atoms with Crippen LogP contribution in [0.4, 0.5) is 0 Å². The maximum Gasteiger partial charge on any atom is 0.0468 e. The number of benzene rings is 4. The van der Waals surface area contributed by atoms with Crippen molar-refractivity contribution in [1.29, 1.82) is 0 Å². The lowest BCUT2D eigenvalue weighted by Crippen LogP contribution is -2.02. The molecule has 0 heterocycles. The van der Waals surface area contributed by atoms with E-state index in [2.05, 4.69) is 236 Å². The molecule has 1 heteroatoms. The van der Waals surface area contributed by atoms with Crippen molar-refractivity contribution in [2.24, 2.45) is 47.3 Å². The van der Waals surface area contributed by atoms with Crippen LogP contribution in [0.5, 0.6) is 0 Å². The molecule has 4 aromatic rings. The van der Waals surface area contributed by atoms with E-state index in [-0.39, 0.29) is 0 Å². The summed E-state index contributed by atoms with van der Waals surface area (Å²) in [5.41, 5.74) is 11.3. The van der Waals surface area contributed by atoms with Crippen LogP contribution in [0.3, 0.4) is 0 Å². The summed E-state index contributed by atoms with van der Waals surface area (Å²) in [6, 6.07) is 36.1. The van der Waals surface area contributed by atoms with Crippen LogP contribution in [0, 0.1) is 47.3 Å². The molecule has 65 heavy (non-hydrogen) atoms. The lowest BCUT2D eigenvalue weighted by atomic mass is 9.97. The van der Waals surface area contributed by atoms with E-state index in [1.165, 1.54) is 83.0 Å². The topological polar surface area (TPSA) is 9.23 Å². The smallest absolute Gasteiger partial charge is 0.0468 e. The number of ether oxygens (including phenoxy) is 1. The Balaban J connectivity index is 0.000000816. The Morgan fingerprint density at radius 2 is 0.477 bits per heavy atom. The summed E-state index contributed by atoms with van der Waals surface area (Å²) in [7, 11) is 0. The van der Waals surface area contributed by atoms with E-state index in [1.807, 2.05) is 0 Å². The molecule has 0 unspecified atom stereocenters. The average molecular weight is 892 g/mol. The predicted octanol–water partition coefficient (Wildman–Crippen LogP) is 19.9. The van der Waals surface area contributed by atoms with Gasteiger partial charge in [0.25, 0.3) is 0 Å². The third-order valence-corrected chi connectivity index (χ3v) is 11.1. The summed E-state index contributed by atoms with van der Waals surface area (Å²) in [5, 5.41) is 0. The minimum Gasteiger partial charge on any atom is -0.381 e. The Morgan fingerprint density at radius 3 is 0.662 bits per heavy atom. The van der Waals surface area contributed by atoms with Crippen LogP contribution < -0.4 is 0 Å². The molecule has 0 saturated heterocycles. The van der Waals surface area contributed by atoms with Gasteiger partial charge in [-0.3, -0.25) is 0 Å². The Morgan fingerprint density at radius 1 is 0.262 bits per heavy atom. The predicted molar refractivity (Wildman–Crippen MR) is 296 cm³/mol. The number of hydrogen-bond donors (Lipinski definition) is 0. The van der Waals surface area contributed by atoms with Crippen LogP contribution in [0.25, 0.3) is 11.1 Å². The van der Waals surface area contributed by atoms with Gasteiger partial charge in [-0.25, -0.2) is 0 Å². The summed E-state index contributed by atoms with van der Waals surface area (Å²) in [4.78, 5) is 0. The van der Waals surface area contributed by atoms with Gasteiger partial charge in [0.2, 0.25) is 0 Å². The molecule has 0 aromatic heterocycles. The van der Waals surface area contributed by atoms with Crippen molar-refractivity contribution < 1.29 is 4.74 Å². The molecule has 0 aliphatic heterocycles. The molecule has 0 aliphatic rings. The zero-order chi connectivity index (χ0) is 49.5. The van der Waals surface area contributed by atoms with E-state index < -0.39 is 0 Å². The fourth-order valence-electron chi connectivity index (χ4n) is 7.04. The lowest BCUT2D eigenvalue weighted by Gasteiger charge is -2.08. The Kier molecular flexibility index (Phi) is 34.2. The summed E-state index contributed by atoms with van der Waals surface area (Å²) in [6.45, 7) is 46.9. The van der Waals surface area contributed by atoms with Crippen molar-refractivity contribution in [3.63, 3.8) is 0 Å². The van der Waals surface area contributed by atoms with Gasteiger partial charge in [0.05, 0.1) is 0 Å². The van der Waals surface area contributed by atoms with Crippen molar-refractivity contribution in [3.05, 3.63) is 130 Å². The molecule has 4 rings (SSSR count). The SMILES string of the molecule is CC(C)CCC(C)C.CC(C)CCOCCC(C)C.CC(C)Cc1ccc(-c2ccc(CC(C)C)cc2)cc1.CC(C)Cc1ccc(CC(C)C)cc1.CC(C)c1ccc(C(C)C)cc1. The van der Waals surface area contributed by atoms with Gasteiger partial charge in [0.15, 0.2) is 0 Å². The number of hydrogen-bond acceptors (Lipinski definition) is 1.